The van der Waals surface area contributed by atoms with Gasteiger partial charge in [-0.2, -0.15) is 0 Å². The number of nitrogens with zero attached hydrogens (tertiary/aromatic N) is 2. The second kappa shape index (κ2) is 7.79. The smallest absolute Gasteiger partial charge is 0.256 e. The predicted octanol–water partition coefficient (Wildman–Crippen LogP) is 2.59. The molecule has 1 aliphatic heterocycles. The third-order valence-corrected chi connectivity index (χ3v) is 5.17. The lowest BCUT2D eigenvalue weighted by atomic mass is 10.0. The van der Waals surface area contributed by atoms with Gasteiger partial charge < -0.3 is 15.1 Å². The van der Waals surface area contributed by atoms with Gasteiger partial charge in [-0.3, -0.25) is 9.59 Å². The van der Waals surface area contributed by atoms with Crippen molar-refractivity contribution in [3.63, 3.8) is 0 Å². The van der Waals surface area contributed by atoms with Crippen molar-refractivity contribution in [2.45, 2.75) is 32.1 Å². The number of hydrogen-bond acceptors (Lipinski definition) is 3. The average molecular weight is 329 g/mol. The van der Waals surface area contributed by atoms with Crippen LogP contribution in [0, 0.1) is 5.92 Å². The Morgan fingerprint density at radius 2 is 1.75 bits per heavy atom. The van der Waals surface area contributed by atoms with Crippen molar-refractivity contribution in [3.05, 3.63) is 29.8 Å². The molecule has 1 saturated heterocycles. The Morgan fingerprint density at radius 1 is 1.08 bits per heavy atom. The molecule has 130 valence electrons. The van der Waals surface area contributed by atoms with Crippen LogP contribution in [-0.2, 0) is 4.79 Å². The van der Waals surface area contributed by atoms with Crippen molar-refractivity contribution >= 4 is 17.5 Å². The highest BCUT2D eigenvalue weighted by molar-refractivity contribution is 6.03. The first-order valence-electron chi connectivity index (χ1n) is 9.00. The van der Waals surface area contributed by atoms with E-state index in [0.29, 0.717) is 23.6 Å². The zero-order valence-corrected chi connectivity index (χ0v) is 14.5. The van der Waals surface area contributed by atoms with Gasteiger partial charge in [0.05, 0.1) is 11.3 Å². The van der Waals surface area contributed by atoms with Gasteiger partial charge in [0.15, 0.2) is 0 Å². The fourth-order valence-electron chi connectivity index (χ4n) is 3.64. The zero-order valence-electron chi connectivity index (χ0n) is 14.5. The maximum atomic E-state index is 12.8. The first kappa shape index (κ1) is 17.0. The summed E-state index contributed by atoms with van der Waals surface area (Å²) in [5.74, 6) is 0.547. The van der Waals surface area contributed by atoms with E-state index in [0.717, 1.165) is 39.0 Å². The molecule has 0 radical (unpaired) electrons. The minimum absolute atomic E-state index is 0.0138. The van der Waals surface area contributed by atoms with Crippen LogP contribution >= 0.6 is 0 Å². The second-order valence-electron chi connectivity index (χ2n) is 7.04. The highest BCUT2D eigenvalue weighted by atomic mass is 16.2. The predicted molar refractivity (Wildman–Crippen MR) is 95.0 cm³/mol. The topological polar surface area (TPSA) is 52.6 Å². The van der Waals surface area contributed by atoms with Gasteiger partial charge in [-0.1, -0.05) is 25.0 Å². The Bertz CT molecular complexity index is 588. The van der Waals surface area contributed by atoms with E-state index < -0.39 is 0 Å². The number of carbonyl (C=O) groups excluding carboxylic acids is 2. The van der Waals surface area contributed by atoms with Gasteiger partial charge in [-0.05, 0) is 37.9 Å². The first-order chi connectivity index (χ1) is 11.6. The molecular formula is C19H27N3O2. The normalized spacial score (nSPS) is 19.5. The van der Waals surface area contributed by atoms with Crippen LogP contribution in [0.5, 0.6) is 0 Å². The third-order valence-electron chi connectivity index (χ3n) is 5.17. The fourth-order valence-corrected chi connectivity index (χ4v) is 3.64. The number of carbonyl (C=O) groups is 2. The molecule has 0 unspecified atom stereocenters. The maximum Gasteiger partial charge on any atom is 0.256 e. The van der Waals surface area contributed by atoms with Crippen molar-refractivity contribution in [2.75, 3.05) is 38.5 Å². The minimum Gasteiger partial charge on any atom is -0.336 e. The lowest BCUT2D eigenvalue weighted by molar-refractivity contribution is -0.117. The Balaban J connectivity index is 1.65. The van der Waals surface area contributed by atoms with Crippen LogP contribution in [0.25, 0.3) is 0 Å². The highest BCUT2D eigenvalue weighted by Crippen LogP contribution is 2.28. The van der Waals surface area contributed by atoms with Crippen LogP contribution in [0.1, 0.15) is 42.5 Å². The molecule has 2 fully saturated rings. The van der Waals surface area contributed by atoms with Crippen molar-refractivity contribution < 1.29 is 9.59 Å². The number of para-hydroxylation sites is 1. The van der Waals surface area contributed by atoms with Gasteiger partial charge in [0.1, 0.15) is 0 Å². The van der Waals surface area contributed by atoms with E-state index in [-0.39, 0.29) is 11.8 Å². The van der Waals surface area contributed by atoms with Gasteiger partial charge in [-0.25, -0.2) is 0 Å². The highest BCUT2D eigenvalue weighted by Gasteiger charge is 2.24. The van der Waals surface area contributed by atoms with E-state index in [1.165, 1.54) is 12.8 Å². The van der Waals surface area contributed by atoms with Crippen molar-refractivity contribution in [3.8, 4) is 0 Å². The van der Waals surface area contributed by atoms with Gasteiger partial charge in [0.2, 0.25) is 5.91 Å². The summed E-state index contributed by atoms with van der Waals surface area (Å²) >= 11 is 0. The molecule has 5 heteroatoms. The third kappa shape index (κ3) is 4.15. The molecule has 5 nitrogen and oxygen atoms in total. The molecule has 1 saturated carbocycles. The Hall–Kier alpha value is -1.88. The van der Waals surface area contributed by atoms with E-state index in [9.17, 15) is 9.59 Å². The van der Waals surface area contributed by atoms with E-state index in [4.69, 9.17) is 0 Å². The SMILES string of the molecule is CN1CCN(C(=O)c2ccccc2NC(=O)CC2CCCC2)CC1. The molecule has 0 atom stereocenters. The summed E-state index contributed by atoms with van der Waals surface area (Å²) < 4.78 is 0. The molecule has 1 aromatic carbocycles. The molecular weight excluding hydrogens is 302 g/mol. The number of rotatable bonds is 4. The molecule has 24 heavy (non-hydrogen) atoms. The standard InChI is InChI=1S/C19H27N3O2/c1-21-10-12-22(13-11-21)19(24)16-8-4-5-9-17(16)20-18(23)14-15-6-2-3-7-15/h4-5,8-9,15H,2-3,6-7,10-14H2,1H3,(H,20,23). The van der Waals surface area contributed by atoms with Crippen molar-refractivity contribution in [1.82, 2.24) is 9.80 Å². The number of benzene rings is 1. The van der Waals surface area contributed by atoms with Crippen LogP contribution in [0.2, 0.25) is 0 Å². The van der Waals surface area contributed by atoms with Crippen LogP contribution in [0.4, 0.5) is 5.69 Å². The number of likely N-dealkylation sites (N-methyl/N-ethyl adjacent to an activating group) is 1. The maximum absolute atomic E-state index is 12.8. The second-order valence-corrected chi connectivity index (χ2v) is 7.04. The number of amides is 2. The molecule has 3 rings (SSSR count). The summed E-state index contributed by atoms with van der Waals surface area (Å²) in [5.41, 5.74) is 1.24. The van der Waals surface area contributed by atoms with Crippen LogP contribution < -0.4 is 5.32 Å². The Kier molecular flexibility index (Phi) is 5.51. The minimum atomic E-state index is 0.0138. The summed E-state index contributed by atoms with van der Waals surface area (Å²) in [6.07, 6.45) is 5.33. The monoisotopic (exact) mass is 329 g/mol. The van der Waals surface area contributed by atoms with Gasteiger partial charge >= 0.3 is 0 Å². The summed E-state index contributed by atoms with van der Waals surface area (Å²) in [5, 5.41) is 2.97. The molecule has 2 aliphatic rings. The van der Waals surface area contributed by atoms with Crippen LogP contribution in [-0.4, -0.2) is 54.8 Å². The lowest BCUT2D eigenvalue weighted by Gasteiger charge is -2.32. The van der Waals surface area contributed by atoms with Crippen molar-refractivity contribution in [1.29, 1.82) is 0 Å². The lowest BCUT2D eigenvalue weighted by Crippen LogP contribution is -2.47. The van der Waals surface area contributed by atoms with E-state index in [2.05, 4.69) is 17.3 Å². The summed E-state index contributed by atoms with van der Waals surface area (Å²) in [6, 6.07) is 7.36. The quantitative estimate of drug-likeness (QED) is 0.924. The number of piperazine rings is 1. The van der Waals surface area contributed by atoms with Crippen molar-refractivity contribution in [2.24, 2.45) is 5.92 Å². The number of hydrogen-bond donors (Lipinski definition) is 1. The molecule has 0 bridgehead atoms. The van der Waals surface area contributed by atoms with E-state index >= 15 is 0 Å². The molecule has 2 amide bonds. The van der Waals surface area contributed by atoms with E-state index in [1.807, 2.05) is 29.2 Å². The molecule has 0 spiro atoms. The van der Waals surface area contributed by atoms with Crippen LogP contribution in [0.15, 0.2) is 24.3 Å². The summed E-state index contributed by atoms with van der Waals surface area (Å²) in [6.45, 7) is 3.25. The molecule has 1 aliphatic carbocycles. The average Bonchev–Trinajstić information content (AvgIpc) is 3.08. The molecule has 1 N–H and O–H groups in total. The van der Waals surface area contributed by atoms with Gasteiger partial charge in [-0.15, -0.1) is 0 Å². The molecule has 1 aromatic rings. The Morgan fingerprint density at radius 3 is 2.46 bits per heavy atom. The summed E-state index contributed by atoms with van der Waals surface area (Å²) in [7, 11) is 2.07. The van der Waals surface area contributed by atoms with Gasteiger partial charge in [0.25, 0.3) is 5.91 Å². The first-order valence-corrected chi connectivity index (χ1v) is 9.00. The number of nitrogens with one attached hydrogen (secondary N) is 1. The molecule has 0 aromatic heterocycles. The largest absolute Gasteiger partial charge is 0.336 e. The molecule has 1 heterocycles. The van der Waals surface area contributed by atoms with E-state index in [1.54, 1.807) is 0 Å². The number of anilines is 1. The van der Waals surface area contributed by atoms with Crippen LogP contribution in [0.3, 0.4) is 0 Å². The van der Waals surface area contributed by atoms with Gasteiger partial charge in [0, 0.05) is 32.6 Å². The Labute approximate surface area is 144 Å². The summed E-state index contributed by atoms with van der Waals surface area (Å²) in [4.78, 5) is 29.2. The zero-order chi connectivity index (χ0) is 16.9. The fraction of sp³-hybridized carbons (Fsp3) is 0.579.